The Morgan fingerprint density at radius 1 is 1.35 bits per heavy atom. The first-order chi connectivity index (χ1) is 9.75. The van der Waals surface area contributed by atoms with Crippen molar-refractivity contribution in [3.63, 3.8) is 0 Å². The summed E-state index contributed by atoms with van der Waals surface area (Å²) in [5.41, 5.74) is 1.13. The van der Waals surface area contributed by atoms with Crippen LogP contribution >= 0.6 is 11.8 Å². The number of rotatable bonds is 1. The molecular formula is C15H21N3OS. The highest BCUT2D eigenvalue weighted by molar-refractivity contribution is 7.99. The summed E-state index contributed by atoms with van der Waals surface area (Å²) in [5, 5.41) is 0.135. The number of likely N-dealkylation sites (tertiary alicyclic amines) is 1. The van der Waals surface area contributed by atoms with Gasteiger partial charge in [-0.05, 0) is 24.8 Å². The Morgan fingerprint density at radius 2 is 2.15 bits per heavy atom. The predicted octanol–water partition coefficient (Wildman–Crippen LogP) is 2.98. The standard InChI is InChI=1S/C15H21N3OS/c1-12-4-7-17(8-5-12)15(19)18-9-10-20-14(18)13-3-2-6-16-11-13/h2-3,6,11-12,14H,4-5,7-10H2,1H3. The van der Waals surface area contributed by atoms with E-state index in [0.29, 0.717) is 0 Å². The van der Waals surface area contributed by atoms with Gasteiger partial charge in [0.15, 0.2) is 0 Å². The number of aromatic nitrogens is 1. The van der Waals surface area contributed by atoms with Crippen molar-refractivity contribution in [2.24, 2.45) is 5.92 Å². The molecule has 0 radical (unpaired) electrons. The van der Waals surface area contributed by atoms with Crippen LogP contribution in [0.4, 0.5) is 4.79 Å². The summed E-state index contributed by atoms with van der Waals surface area (Å²) in [6.45, 7) is 4.92. The van der Waals surface area contributed by atoms with E-state index in [2.05, 4.69) is 18.0 Å². The van der Waals surface area contributed by atoms with Crippen LogP contribution in [-0.2, 0) is 0 Å². The minimum atomic E-state index is 0.135. The van der Waals surface area contributed by atoms with Crippen molar-refractivity contribution >= 4 is 17.8 Å². The highest BCUT2D eigenvalue weighted by atomic mass is 32.2. The molecule has 1 atom stereocenters. The van der Waals surface area contributed by atoms with E-state index in [1.165, 1.54) is 0 Å². The summed E-state index contributed by atoms with van der Waals surface area (Å²) in [5.74, 6) is 1.76. The Morgan fingerprint density at radius 3 is 2.85 bits per heavy atom. The fourth-order valence-corrected chi connectivity index (χ4v) is 4.08. The molecular weight excluding hydrogens is 270 g/mol. The Hall–Kier alpha value is -1.23. The number of piperidine rings is 1. The molecule has 2 aliphatic rings. The third kappa shape index (κ3) is 2.77. The van der Waals surface area contributed by atoms with Crippen LogP contribution < -0.4 is 0 Å². The van der Waals surface area contributed by atoms with Gasteiger partial charge in [0.1, 0.15) is 5.37 Å². The molecule has 0 bridgehead atoms. The van der Waals surface area contributed by atoms with E-state index in [1.54, 1.807) is 6.20 Å². The van der Waals surface area contributed by atoms with Crippen LogP contribution in [0.3, 0.4) is 0 Å². The molecule has 1 aromatic heterocycles. The SMILES string of the molecule is CC1CCN(C(=O)N2CCSC2c2cccnc2)CC1. The number of thioether (sulfide) groups is 1. The first-order valence-electron chi connectivity index (χ1n) is 7.33. The van der Waals surface area contributed by atoms with Crippen LogP contribution in [0.1, 0.15) is 30.7 Å². The minimum absolute atomic E-state index is 0.135. The number of hydrogen-bond donors (Lipinski definition) is 0. The summed E-state index contributed by atoms with van der Waals surface area (Å²) >= 11 is 1.83. The lowest BCUT2D eigenvalue weighted by molar-refractivity contribution is 0.136. The van der Waals surface area contributed by atoms with Gasteiger partial charge in [-0.3, -0.25) is 4.98 Å². The van der Waals surface area contributed by atoms with Crippen LogP contribution in [0.25, 0.3) is 0 Å². The summed E-state index contributed by atoms with van der Waals surface area (Å²) in [6.07, 6.45) is 5.91. The lowest BCUT2D eigenvalue weighted by Gasteiger charge is -2.35. The maximum Gasteiger partial charge on any atom is 0.321 e. The normalized spacial score (nSPS) is 24.1. The van der Waals surface area contributed by atoms with Crippen LogP contribution in [0.15, 0.2) is 24.5 Å². The second-order valence-electron chi connectivity index (χ2n) is 5.66. The van der Waals surface area contributed by atoms with Crippen molar-refractivity contribution in [2.45, 2.75) is 25.1 Å². The summed E-state index contributed by atoms with van der Waals surface area (Å²) in [7, 11) is 0. The van der Waals surface area contributed by atoms with E-state index in [4.69, 9.17) is 0 Å². The van der Waals surface area contributed by atoms with Crippen molar-refractivity contribution in [3.05, 3.63) is 30.1 Å². The molecule has 3 heterocycles. The van der Waals surface area contributed by atoms with E-state index in [0.717, 1.165) is 49.7 Å². The van der Waals surface area contributed by atoms with Crippen molar-refractivity contribution in [1.82, 2.24) is 14.8 Å². The summed E-state index contributed by atoms with van der Waals surface area (Å²) in [4.78, 5) is 20.9. The fourth-order valence-electron chi connectivity index (χ4n) is 2.85. The molecule has 0 N–H and O–H groups in total. The second-order valence-corrected chi connectivity index (χ2v) is 6.84. The molecule has 4 nitrogen and oxygen atoms in total. The molecule has 20 heavy (non-hydrogen) atoms. The third-order valence-electron chi connectivity index (χ3n) is 4.16. The van der Waals surface area contributed by atoms with Gasteiger partial charge >= 0.3 is 6.03 Å². The summed E-state index contributed by atoms with van der Waals surface area (Å²) in [6, 6.07) is 4.21. The van der Waals surface area contributed by atoms with E-state index in [-0.39, 0.29) is 11.4 Å². The van der Waals surface area contributed by atoms with Crippen molar-refractivity contribution in [1.29, 1.82) is 0 Å². The zero-order valence-corrected chi connectivity index (χ0v) is 12.7. The van der Waals surface area contributed by atoms with Gasteiger partial charge in [0, 0.05) is 43.3 Å². The average Bonchev–Trinajstić information content (AvgIpc) is 2.97. The smallest absolute Gasteiger partial charge is 0.321 e. The fraction of sp³-hybridized carbons (Fsp3) is 0.600. The van der Waals surface area contributed by atoms with Crippen LogP contribution in [0.2, 0.25) is 0 Å². The Kier molecular flexibility index (Phi) is 4.15. The number of pyridine rings is 1. The van der Waals surface area contributed by atoms with Crippen molar-refractivity contribution < 1.29 is 4.79 Å². The highest BCUT2D eigenvalue weighted by Crippen LogP contribution is 2.38. The Balaban J connectivity index is 1.70. The van der Waals surface area contributed by atoms with Crippen LogP contribution in [0.5, 0.6) is 0 Å². The molecule has 2 fully saturated rings. The van der Waals surface area contributed by atoms with Gasteiger partial charge in [-0.2, -0.15) is 0 Å². The van der Waals surface area contributed by atoms with Gasteiger partial charge < -0.3 is 9.80 Å². The number of amides is 2. The van der Waals surface area contributed by atoms with E-state index in [1.807, 2.05) is 33.8 Å². The molecule has 108 valence electrons. The molecule has 0 spiro atoms. The third-order valence-corrected chi connectivity index (χ3v) is 5.42. The average molecular weight is 291 g/mol. The van der Waals surface area contributed by atoms with Crippen molar-refractivity contribution in [2.75, 3.05) is 25.4 Å². The topological polar surface area (TPSA) is 36.4 Å². The number of nitrogens with zero attached hydrogens (tertiary/aromatic N) is 3. The van der Waals surface area contributed by atoms with E-state index in [9.17, 15) is 4.79 Å². The molecule has 1 aromatic rings. The first-order valence-corrected chi connectivity index (χ1v) is 8.37. The maximum atomic E-state index is 12.7. The van der Waals surface area contributed by atoms with E-state index < -0.39 is 0 Å². The first kappa shape index (κ1) is 13.7. The molecule has 1 unspecified atom stereocenters. The van der Waals surface area contributed by atoms with Gasteiger partial charge in [-0.1, -0.05) is 13.0 Å². The van der Waals surface area contributed by atoms with E-state index >= 15 is 0 Å². The Labute approximate surface area is 124 Å². The number of hydrogen-bond acceptors (Lipinski definition) is 3. The molecule has 2 amide bonds. The Bertz CT molecular complexity index is 459. The number of carbonyl (C=O) groups excluding carboxylic acids is 1. The lowest BCUT2D eigenvalue weighted by atomic mass is 9.99. The monoisotopic (exact) mass is 291 g/mol. The van der Waals surface area contributed by atoms with Gasteiger partial charge in [0.25, 0.3) is 0 Å². The molecule has 5 heteroatoms. The van der Waals surface area contributed by atoms with Gasteiger partial charge in [0.05, 0.1) is 0 Å². The number of carbonyl (C=O) groups is 1. The molecule has 0 saturated carbocycles. The van der Waals surface area contributed by atoms with Gasteiger partial charge in [-0.15, -0.1) is 11.8 Å². The van der Waals surface area contributed by atoms with Crippen LogP contribution in [0, 0.1) is 5.92 Å². The second kappa shape index (κ2) is 6.04. The van der Waals surface area contributed by atoms with Gasteiger partial charge in [-0.25, -0.2) is 4.79 Å². The molecule has 0 aromatic carbocycles. The predicted molar refractivity (Wildman–Crippen MR) is 81.5 cm³/mol. The lowest BCUT2D eigenvalue weighted by Crippen LogP contribution is -2.46. The van der Waals surface area contributed by atoms with Gasteiger partial charge in [0.2, 0.25) is 0 Å². The zero-order valence-electron chi connectivity index (χ0n) is 11.9. The molecule has 2 aliphatic heterocycles. The molecule has 0 aliphatic carbocycles. The van der Waals surface area contributed by atoms with Crippen molar-refractivity contribution in [3.8, 4) is 0 Å². The molecule has 3 rings (SSSR count). The highest BCUT2D eigenvalue weighted by Gasteiger charge is 2.34. The largest absolute Gasteiger partial charge is 0.325 e. The number of urea groups is 1. The summed E-state index contributed by atoms with van der Waals surface area (Å²) < 4.78 is 0. The maximum absolute atomic E-state index is 12.7. The minimum Gasteiger partial charge on any atom is -0.325 e. The van der Waals surface area contributed by atoms with Crippen LogP contribution in [-0.4, -0.2) is 46.2 Å². The zero-order chi connectivity index (χ0) is 13.9. The quantitative estimate of drug-likeness (QED) is 0.798. The molecule has 2 saturated heterocycles.